The zero-order chi connectivity index (χ0) is 19.6. The summed E-state index contributed by atoms with van der Waals surface area (Å²) in [5.74, 6) is 1.08. The lowest BCUT2D eigenvalue weighted by Gasteiger charge is -2.20. The molecule has 1 aromatic carbocycles. The Morgan fingerprint density at radius 3 is 2.42 bits per heavy atom. The molecule has 0 bridgehead atoms. The fourth-order valence-electron chi connectivity index (χ4n) is 2.20. The highest BCUT2D eigenvalue weighted by molar-refractivity contribution is 5.97. The normalized spacial score (nSPS) is 11.5. The highest BCUT2D eigenvalue weighted by Gasteiger charge is 2.16. The first-order valence-corrected chi connectivity index (χ1v) is 8.85. The molecule has 2 N–H and O–H groups in total. The van der Waals surface area contributed by atoms with E-state index >= 15 is 0 Å². The number of nitrogens with zero attached hydrogens (tertiary/aromatic N) is 1. The molecule has 6 heteroatoms. The summed E-state index contributed by atoms with van der Waals surface area (Å²) >= 11 is 0. The molecule has 0 radical (unpaired) electrons. The molecule has 1 aromatic rings. The first-order valence-electron chi connectivity index (χ1n) is 8.85. The zero-order valence-corrected chi connectivity index (χ0v) is 16.3. The van der Waals surface area contributed by atoms with Crippen molar-refractivity contribution in [1.82, 2.24) is 10.6 Å². The maximum absolute atomic E-state index is 12.0. The molecule has 0 saturated carbocycles. The van der Waals surface area contributed by atoms with Crippen LogP contribution in [0.15, 0.2) is 30.0 Å². The molecule has 142 valence electrons. The molecule has 1 rings (SSSR count). The van der Waals surface area contributed by atoms with E-state index in [2.05, 4.69) is 10.6 Å². The minimum atomic E-state index is -0.384. The van der Waals surface area contributed by atoms with Crippen LogP contribution in [0.2, 0.25) is 0 Å². The number of carbonyl (C=O) groups excluding carboxylic acids is 1. The smallest absolute Gasteiger partial charge is 0.263 e. The van der Waals surface area contributed by atoms with Gasteiger partial charge in [0.2, 0.25) is 0 Å². The Bertz CT molecular complexity index is 670. The number of nitriles is 1. The van der Waals surface area contributed by atoms with Crippen LogP contribution in [0.1, 0.15) is 40.2 Å². The molecule has 0 atom stereocenters. The average Bonchev–Trinajstić information content (AvgIpc) is 2.55. The van der Waals surface area contributed by atoms with Crippen LogP contribution in [-0.2, 0) is 11.2 Å². The third-order valence-electron chi connectivity index (χ3n) is 3.27. The summed E-state index contributed by atoms with van der Waals surface area (Å²) in [6, 6.07) is 7.76. The maximum Gasteiger partial charge on any atom is 0.263 e. The minimum absolute atomic E-state index is 0.0571. The second-order valence-electron chi connectivity index (χ2n) is 6.73. The van der Waals surface area contributed by atoms with Crippen LogP contribution in [0, 0.1) is 11.3 Å². The van der Waals surface area contributed by atoms with Gasteiger partial charge in [-0.2, -0.15) is 5.26 Å². The summed E-state index contributed by atoms with van der Waals surface area (Å²) in [5.41, 5.74) is 0.752. The van der Waals surface area contributed by atoms with Gasteiger partial charge in [-0.25, -0.2) is 0 Å². The molecule has 0 aliphatic carbocycles. The minimum Gasteiger partial charge on any atom is -0.490 e. The lowest BCUT2D eigenvalue weighted by Crippen LogP contribution is -2.41. The number of ether oxygens (including phenoxy) is 2. The summed E-state index contributed by atoms with van der Waals surface area (Å²) in [4.78, 5) is 12.0. The molecule has 6 nitrogen and oxygen atoms in total. The first kappa shape index (κ1) is 21.4. The van der Waals surface area contributed by atoms with Gasteiger partial charge in [-0.3, -0.25) is 4.79 Å². The third-order valence-corrected chi connectivity index (χ3v) is 3.27. The fourth-order valence-corrected chi connectivity index (χ4v) is 2.20. The van der Waals surface area contributed by atoms with Crippen molar-refractivity contribution in [1.29, 1.82) is 5.26 Å². The van der Waals surface area contributed by atoms with Crippen LogP contribution in [0.25, 0.3) is 0 Å². The predicted molar refractivity (Wildman–Crippen MR) is 102 cm³/mol. The van der Waals surface area contributed by atoms with Gasteiger partial charge in [0.15, 0.2) is 11.5 Å². The van der Waals surface area contributed by atoms with Gasteiger partial charge in [-0.05, 0) is 58.7 Å². The van der Waals surface area contributed by atoms with E-state index in [1.807, 2.05) is 58.9 Å². The zero-order valence-electron chi connectivity index (χ0n) is 16.3. The Kier molecular flexibility index (Phi) is 8.50. The summed E-state index contributed by atoms with van der Waals surface area (Å²) in [5, 5.41) is 14.9. The molecule has 0 fully saturated rings. The van der Waals surface area contributed by atoms with E-state index in [-0.39, 0.29) is 17.0 Å². The van der Waals surface area contributed by atoms with Gasteiger partial charge >= 0.3 is 0 Å². The van der Waals surface area contributed by atoms with Crippen LogP contribution < -0.4 is 20.1 Å². The van der Waals surface area contributed by atoms with Gasteiger partial charge in [0.05, 0.1) is 13.2 Å². The summed E-state index contributed by atoms with van der Waals surface area (Å²) in [7, 11) is 0. The van der Waals surface area contributed by atoms with Crippen LogP contribution in [0.5, 0.6) is 11.5 Å². The quantitative estimate of drug-likeness (QED) is 0.402. The summed E-state index contributed by atoms with van der Waals surface area (Å²) in [6.07, 6.45) is 2.18. The highest BCUT2D eigenvalue weighted by atomic mass is 16.5. The average molecular weight is 359 g/mol. The Hall–Kier alpha value is -2.68. The number of rotatable bonds is 9. The standard InChI is InChI=1S/C20H29N3O3/c1-6-25-17-9-8-15(12-18(17)26-7-2)10-11-22-14-16(13-21)19(24)23-20(3,4)5/h8-9,12,14,22H,6-7,10-11H2,1-5H3,(H,23,24)/b16-14-. The number of amides is 1. The van der Waals surface area contributed by atoms with Crippen LogP contribution in [0.4, 0.5) is 0 Å². The van der Waals surface area contributed by atoms with Gasteiger partial charge < -0.3 is 20.1 Å². The monoisotopic (exact) mass is 359 g/mol. The van der Waals surface area contributed by atoms with Crippen molar-refractivity contribution >= 4 is 5.91 Å². The Morgan fingerprint density at radius 1 is 1.19 bits per heavy atom. The van der Waals surface area contributed by atoms with Crippen LogP contribution in [0.3, 0.4) is 0 Å². The lowest BCUT2D eigenvalue weighted by molar-refractivity contribution is -0.118. The molecule has 0 unspecified atom stereocenters. The van der Waals surface area contributed by atoms with Crippen molar-refractivity contribution < 1.29 is 14.3 Å². The van der Waals surface area contributed by atoms with E-state index in [0.29, 0.717) is 19.8 Å². The fraction of sp³-hybridized carbons (Fsp3) is 0.500. The van der Waals surface area contributed by atoms with E-state index in [9.17, 15) is 4.79 Å². The summed E-state index contributed by atoms with van der Waals surface area (Å²) in [6.45, 7) is 11.2. The van der Waals surface area contributed by atoms with Crippen LogP contribution >= 0.6 is 0 Å². The second kappa shape index (κ2) is 10.3. The van der Waals surface area contributed by atoms with Crippen molar-refractivity contribution in [2.45, 2.75) is 46.6 Å². The Balaban J connectivity index is 2.65. The SMILES string of the molecule is CCOc1ccc(CCN/C=C(/C#N)C(=O)NC(C)(C)C)cc1OCC. The van der Waals surface area contributed by atoms with Crippen molar-refractivity contribution in [3.8, 4) is 17.6 Å². The van der Waals surface area contributed by atoms with Gasteiger partial charge in [-0.15, -0.1) is 0 Å². The maximum atomic E-state index is 12.0. The van der Waals surface area contributed by atoms with Crippen molar-refractivity contribution in [3.63, 3.8) is 0 Å². The van der Waals surface area contributed by atoms with E-state index < -0.39 is 0 Å². The highest BCUT2D eigenvalue weighted by Crippen LogP contribution is 2.28. The van der Waals surface area contributed by atoms with Gasteiger partial charge in [0.25, 0.3) is 5.91 Å². The molecule has 0 aliphatic rings. The third kappa shape index (κ3) is 7.47. The molecule has 0 aromatic heterocycles. The van der Waals surface area contributed by atoms with Crippen molar-refractivity contribution in [2.24, 2.45) is 0 Å². The summed E-state index contributed by atoms with van der Waals surface area (Å²) < 4.78 is 11.2. The predicted octanol–water partition coefficient (Wildman–Crippen LogP) is 2.94. The molecule has 1 amide bonds. The molecule has 0 spiro atoms. The van der Waals surface area contributed by atoms with Gasteiger partial charge in [-0.1, -0.05) is 6.07 Å². The topological polar surface area (TPSA) is 83.4 Å². The van der Waals surface area contributed by atoms with Gasteiger partial charge in [0, 0.05) is 18.3 Å². The second-order valence-corrected chi connectivity index (χ2v) is 6.73. The molecule has 0 heterocycles. The number of hydrogen-bond acceptors (Lipinski definition) is 5. The van der Waals surface area contributed by atoms with Gasteiger partial charge in [0.1, 0.15) is 11.6 Å². The van der Waals surface area contributed by atoms with E-state index in [1.165, 1.54) is 6.20 Å². The molecule has 26 heavy (non-hydrogen) atoms. The number of hydrogen-bond donors (Lipinski definition) is 2. The largest absolute Gasteiger partial charge is 0.490 e. The Labute approximate surface area is 156 Å². The number of nitrogens with one attached hydrogen (secondary N) is 2. The van der Waals surface area contributed by atoms with E-state index in [0.717, 1.165) is 23.5 Å². The Morgan fingerprint density at radius 2 is 1.85 bits per heavy atom. The van der Waals surface area contributed by atoms with Crippen molar-refractivity contribution in [3.05, 3.63) is 35.5 Å². The molecule has 0 saturated heterocycles. The van der Waals surface area contributed by atoms with E-state index in [1.54, 1.807) is 0 Å². The molecule has 0 aliphatic heterocycles. The van der Waals surface area contributed by atoms with Crippen LogP contribution in [-0.4, -0.2) is 31.2 Å². The van der Waals surface area contributed by atoms with E-state index in [4.69, 9.17) is 14.7 Å². The molecular weight excluding hydrogens is 330 g/mol. The van der Waals surface area contributed by atoms with Crippen molar-refractivity contribution in [2.75, 3.05) is 19.8 Å². The first-order chi connectivity index (χ1) is 12.3. The lowest BCUT2D eigenvalue weighted by atomic mass is 10.1. The molecular formula is C20H29N3O3. The number of carbonyl (C=O) groups is 1. The number of benzene rings is 1.